The molecule has 1 aliphatic heterocycles. The lowest BCUT2D eigenvalue weighted by Gasteiger charge is -2.48. The van der Waals surface area contributed by atoms with Crippen molar-refractivity contribution in [2.45, 2.75) is 31.9 Å². The summed E-state index contributed by atoms with van der Waals surface area (Å²) in [7, 11) is 3.92. The number of piperidine rings is 1. The Labute approximate surface area is 127 Å². The second-order valence-electron chi connectivity index (χ2n) is 6.46. The zero-order valence-corrected chi connectivity index (χ0v) is 13.4. The third kappa shape index (κ3) is 3.11. The van der Waals surface area contributed by atoms with Crippen LogP contribution in [0.25, 0.3) is 0 Å². The standard InChI is InChI=1S/C17H26N2O2/c1-13(2)16(20)19-11-10-17(21,15(12-19)18(3)4)14-8-6-5-7-9-14/h5-9,13,15,21H,10-12H2,1-4H3. The van der Waals surface area contributed by atoms with Crippen LogP contribution in [0, 0.1) is 5.92 Å². The molecule has 1 aromatic carbocycles. The summed E-state index contributed by atoms with van der Waals surface area (Å²) >= 11 is 0. The Balaban J connectivity index is 2.27. The number of rotatable bonds is 3. The van der Waals surface area contributed by atoms with Crippen LogP contribution >= 0.6 is 0 Å². The summed E-state index contributed by atoms with van der Waals surface area (Å²) in [5.41, 5.74) is 0.0266. The molecular formula is C17H26N2O2. The van der Waals surface area contributed by atoms with E-state index in [1.165, 1.54) is 0 Å². The molecule has 4 nitrogen and oxygen atoms in total. The minimum atomic E-state index is -0.904. The van der Waals surface area contributed by atoms with Crippen LogP contribution in [0.3, 0.4) is 0 Å². The summed E-state index contributed by atoms with van der Waals surface area (Å²) in [5.74, 6) is 0.160. The average molecular weight is 290 g/mol. The minimum Gasteiger partial charge on any atom is -0.383 e. The second kappa shape index (κ2) is 6.16. The number of amides is 1. The highest BCUT2D eigenvalue weighted by Crippen LogP contribution is 2.35. The molecule has 0 aliphatic carbocycles. The first-order valence-electron chi connectivity index (χ1n) is 7.59. The van der Waals surface area contributed by atoms with E-state index < -0.39 is 5.60 Å². The Hall–Kier alpha value is -1.39. The van der Waals surface area contributed by atoms with Crippen LogP contribution in [-0.4, -0.2) is 54.0 Å². The molecular weight excluding hydrogens is 264 g/mol. The van der Waals surface area contributed by atoms with Crippen molar-refractivity contribution in [2.24, 2.45) is 5.92 Å². The van der Waals surface area contributed by atoms with Crippen molar-refractivity contribution in [2.75, 3.05) is 27.2 Å². The number of benzene rings is 1. The van der Waals surface area contributed by atoms with Gasteiger partial charge in [-0.2, -0.15) is 0 Å². The molecule has 0 bridgehead atoms. The largest absolute Gasteiger partial charge is 0.383 e. The van der Waals surface area contributed by atoms with Crippen molar-refractivity contribution in [3.8, 4) is 0 Å². The highest BCUT2D eigenvalue weighted by atomic mass is 16.3. The maximum absolute atomic E-state index is 12.2. The van der Waals surface area contributed by atoms with E-state index in [1.54, 1.807) is 0 Å². The lowest BCUT2D eigenvalue weighted by molar-refractivity contribution is -0.145. The molecule has 1 aliphatic rings. The number of aliphatic hydroxyl groups is 1. The first-order chi connectivity index (χ1) is 9.86. The quantitative estimate of drug-likeness (QED) is 0.921. The van der Waals surface area contributed by atoms with E-state index in [4.69, 9.17) is 0 Å². The molecule has 0 spiro atoms. The van der Waals surface area contributed by atoms with Crippen molar-refractivity contribution < 1.29 is 9.90 Å². The summed E-state index contributed by atoms with van der Waals surface area (Å²) < 4.78 is 0. The van der Waals surface area contributed by atoms with E-state index in [-0.39, 0.29) is 17.9 Å². The second-order valence-corrected chi connectivity index (χ2v) is 6.46. The fraction of sp³-hybridized carbons (Fsp3) is 0.588. The Morgan fingerprint density at radius 2 is 1.95 bits per heavy atom. The SMILES string of the molecule is CC(C)C(=O)N1CCC(O)(c2ccccc2)C(N(C)C)C1. The van der Waals surface area contributed by atoms with Crippen LogP contribution in [0.1, 0.15) is 25.8 Å². The summed E-state index contributed by atoms with van der Waals surface area (Å²) in [6, 6.07) is 9.69. The molecule has 116 valence electrons. The van der Waals surface area contributed by atoms with Crippen LogP contribution in [-0.2, 0) is 10.4 Å². The summed E-state index contributed by atoms with van der Waals surface area (Å²) in [6.07, 6.45) is 0.568. The van der Waals surface area contributed by atoms with E-state index in [0.29, 0.717) is 19.5 Å². The molecule has 2 atom stereocenters. The Morgan fingerprint density at radius 3 is 2.48 bits per heavy atom. The number of carbonyl (C=O) groups excluding carboxylic acids is 1. The van der Waals surface area contributed by atoms with Gasteiger partial charge in [0.15, 0.2) is 0 Å². The van der Waals surface area contributed by atoms with Gasteiger partial charge in [0.25, 0.3) is 0 Å². The topological polar surface area (TPSA) is 43.8 Å². The third-order valence-corrected chi connectivity index (χ3v) is 4.41. The molecule has 1 heterocycles. The Morgan fingerprint density at radius 1 is 1.33 bits per heavy atom. The molecule has 0 radical (unpaired) electrons. The van der Waals surface area contributed by atoms with E-state index in [0.717, 1.165) is 5.56 Å². The van der Waals surface area contributed by atoms with Crippen molar-refractivity contribution in [3.05, 3.63) is 35.9 Å². The monoisotopic (exact) mass is 290 g/mol. The van der Waals surface area contributed by atoms with Gasteiger partial charge in [-0.15, -0.1) is 0 Å². The van der Waals surface area contributed by atoms with Crippen molar-refractivity contribution in [3.63, 3.8) is 0 Å². The number of hydrogen-bond donors (Lipinski definition) is 1. The van der Waals surface area contributed by atoms with Crippen LogP contribution < -0.4 is 0 Å². The van der Waals surface area contributed by atoms with E-state index in [9.17, 15) is 9.90 Å². The molecule has 21 heavy (non-hydrogen) atoms. The van der Waals surface area contributed by atoms with Crippen molar-refractivity contribution in [1.29, 1.82) is 0 Å². The molecule has 0 aromatic heterocycles. The molecule has 1 N–H and O–H groups in total. The smallest absolute Gasteiger partial charge is 0.225 e. The van der Waals surface area contributed by atoms with E-state index in [2.05, 4.69) is 0 Å². The van der Waals surface area contributed by atoms with Crippen molar-refractivity contribution >= 4 is 5.91 Å². The number of likely N-dealkylation sites (tertiary alicyclic amines) is 1. The van der Waals surface area contributed by atoms with Gasteiger partial charge in [-0.3, -0.25) is 4.79 Å². The number of nitrogens with zero attached hydrogens (tertiary/aromatic N) is 2. The minimum absolute atomic E-state index is 0.00395. The van der Waals surface area contributed by atoms with Crippen LogP contribution in [0.15, 0.2) is 30.3 Å². The maximum atomic E-state index is 12.2. The summed E-state index contributed by atoms with van der Waals surface area (Å²) in [4.78, 5) is 16.1. The highest BCUT2D eigenvalue weighted by molar-refractivity contribution is 5.78. The number of hydrogen-bond acceptors (Lipinski definition) is 3. The van der Waals surface area contributed by atoms with Gasteiger partial charge in [0, 0.05) is 19.0 Å². The molecule has 1 amide bonds. The van der Waals surface area contributed by atoms with Gasteiger partial charge in [-0.05, 0) is 26.1 Å². The maximum Gasteiger partial charge on any atom is 0.225 e. The molecule has 0 saturated carbocycles. The summed E-state index contributed by atoms with van der Waals surface area (Å²) in [5, 5.41) is 11.2. The lowest BCUT2D eigenvalue weighted by atomic mass is 9.79. The van der Waals surface area contributed by atoms with Crippen LogP contribution in [0.4, 0.5) is 0 Å². The van der Waals surface area contributed by atoms with Gasteiger partial charge in [0.2, 0.25) is 5.91 Å². The highest BCUT2D eigenvalue weighted by Gasteiger charge is 2.45. The van der Waals surface area contributed by atoms with Gasteiger partial charge in [-0.25, -0.2) is 0 Å². The molecule has 4 heteroatoms. The van der Waals surface area contributed by atoms with E-state index in [1.807, 2.05) is 68.1 Å². The van der Waals surface area contributed by atoms with E-state index >= 15 is 0 Å². The normalized spacial score (nSPS) is 26.4. The van der Waals surface area contributed by atoms with Gasteiger partial charge in [0.05, 0.1) is 6.04 Å². The van der Waals surface area contributed by atoms with Crippen LogP contribution in [0.5, 0.6) is 0 Å². The van der Waals surface area contributed by atoms with Gasteiger partial charge in [0.1, 0.15) is 5.60 Å². The Bertz CT molecular complexity index is 487. The molecule has 2 unspecified atom stereocenters. The van der Waals surface area contributed by atoms with Gasteiger partial charge >= 0.3 is 0 Å². The third-order valence-electron chi connectivity index (χ3n) is 4.41. The number of carbonyl (C=O) groups is 1. The molecule has 1 fully saturated rings. The van der Waals surface area contributed by atoms with Gasteiger partial charge in [-0.1, -0.05) is 44.2 Å². The Kier molecular flexibility index (Phi) is 4.69. The number of likely N-dealkylation sites (N-methyl/N-ethyl adjacent to an activating group) is 1. The van der Waals surface area contributed by atoms with Crippen molar-refractivity contribution in [1.82, 2.24) is 9.80 Å². The fourth-order valence-corrected chi connectivity index (χ4v) is 3.14. The summed E-state index contributed by atoms with van der Waals surface area (Å²) in [6.45, 7) is 5.01. The fourth-order valence-electron chi connectivity index (χ4n) is 3.14. The lowest BCUT2D eigenvalue weighted by Crippen LogP contribution is -2.60. The average Bonchev–Trinajstić information content (AvgIpc) is 2.47. The van der Waals surface area contributed by atoms with Gasteiger partial charge < -0.3 is 14.9 Å². The first kappa shape index (κ1) is 16.0. The molecule has 1 aromatic rings. The van der Waals surface area contributed by atoms with Crippen LogP contribution in [0.2, 0.25) is 0 Å². The molecule has 1 saturated heterocycles. The first-order valence-corrected chi connectivity index (χ1v) is 7.59. The molecule has 2 rings (SSSR count). The zero-order valence-electron chi connectivity index (χ0n) is 13.4. The zero-order chi connectivity index (χ0) is 15.6. The predicted molar refractivity (Wildman–Crippen MR) is 83.8 cm³/mol. The predicted octanol–water partition coefficient (Wildman–Crippen LogP) is 1.69.